The maximum atomic E-state index is 11.6. The van der Waals surface area contributed by atoms with Crippen LogP contribution < -0.4 is 14.9 Å². The Labute approximate surface area is 218 Å². The molecule has 10 nitrogen and oxygen atoms in total. The van der Waals surface area contributed by atoms with E-state index >= 15 is 0 Å². The molecule has 0 spiro atoms. The van der Waals surface area contributed by atoms with E-state index in [1.54, 1.807) is 60.8 Å². The first-order valence-corrected chi connectivity index (χ1v) is 13.4. The number of para-hydroxylation sites is 1. The molecule has 0 bridgehead atoms. The van der Waals surface area contributed by atoms with Crippen LogP contribution in [-0.2, 0) is 10.0 Å². The minimum atomic E-state index is -3.42. The van der Waals surface area contributed by atoms with Crippen molar-refractivity contribution in [1.82, 2.24) is 10.3 Å². The Morgan fingerprint density at radius 2 is 1.78 bits per heavy atom. The van der Waals surface area contributed by atoms with E-state index in [0.717, 1.165) is 11.9 Å². The van der Waals surface area contributed by atoms with Crippen molar-refractivity contribution < 1.29 is 17.8 Å². The number of rotatable bonds is 7. The van der Waals surface area contributed by atoms with Crippen molar-refractivity contribution in [3.8, 4) is 11.3 Å². The Morgan fingerprint density at radius 1 is 1.05 bits per heavy atom. The molecular weight excluding hydrogens is 514 g/mol. The van der Waals surface area contributed by atoms with Crippen LogP contribution in [0.5, 0.6) is 0 Å². The van der Waals surface area contributed by atoms with Crippen molar-refractivity contribution in [1.29, 1.82) is 0 Å². The van der Waals surface area contributed by atoms with Gasteiger partial charge in [-0.1, -0.05) is 18.2 Å². The molecule has 1 aliphatic heterocycles. The molecule has 0 aliphatic carbocycles. The zero-order valence-corrected chi connectivity index (χ0v) is 21.1. The quantitative estimate of drug-likeness (QED) is 0.195. The number of sulfonamides is 1. The fraction of sp³-hybridized carbons (Fsp3) is 0.120. The van der Waals surface area contributed by atoms with Crippen LogP contribution in [0.4, 0.5) is 17.1 Å². The monoisotopic (exact) mass is 535 g/mol. The number of benzene rings is 2. The third-order valence-electron chi connectivity index (χ3n) is 5.83. The highest BCUT2D eigenvalue weighted by atomic mass is 32.2. The van der Waals surface area contributed by atoms with Crippen LogP contribution in [0.3, 0.4) is 0 Å². The Morgan fingerprint density at radius 3 is 2.46 bits per heavy atom. The minimum Gasteiger partial charge on any atom is -0.459 e. The van der Waals surface area contributed by atoms with Crippen molar-refractivity contribution in [2.45, 2.75) is 12.1 Å². The summed E-state index contributed by atoms with van der Waals surface area (Å²) in [5, 5.41) is 15.3. The average Bonchev–Trinajstić information content (AvgIpc) is 3.49. The van der Waals surface area contributed by atoms with E-state index in [2.05, 4.69) is 15.0 Å². The van der Waals surface area contributed by atoms with Gasteiger partial charge >= 0.3 is 0 Å². The summed E-state index contributed by atoms with van der Waals surface area (Å²) in [5.74, 6) is 0.877. The van der Waals surface area contributed by atoms with Gasteiger partial charge in [-0.15, -0.1) is 0 Å². The SMILES string of the molecule is CS(=O)(=O)Nc1ccc(N2C(=S)N[C@H](c3ccccn3)[C@@H]2c2ccc(-c3ccccc3[N+](=O)[O-])o2)cc1. The second kappa shape index (κ2) is 9.64. The molecule has 5 rings (SSSR count). The third kappa shape index (κ3) is 5.01. The first-order valence-electron chi connectivity index (χ1n) is 11.1. The second-order valence-electron chi connectivity index (χ2n) is 8.39. The highest BCUT2D eigenvalue weighted by Gasteiger charge is 2.42. The number of nitro groups is 1. The van der Waals surface area contributed by atoms with Crippen LogP contribution >= 0.6 is 12.2 Å². The summed E-state index contributed by atoms with van der Waals surface area (Å²) in [6.07, 6.45) is 2.77. The van der Waals surface area contributed by atoms with Crippen LogP contribution in [0.1, 0.15) is 23.5 Å². The number of thiocarbonyl (C=S) groups is 1. The summed E-state index contributed by atoms with van der Waals surface area (Å²) in [5.41, 5.74) is 2.15. The lowest BCUT2D eigenvalue weighted by molar-refractivity contribution is -0.384. The molecule has 2 N–H and O–H groups in total. The van der Waals surface area contributed by atoms with E-state index in [4.69, 9.17) is 16.6 Å². The average molecular weight is 536 g/mol. The Hall–Kier alpha value is -4.29. The number of hydrogen-bond acceptors (Lipinski definition) is 7. The number of nitrogens with zero attached hydrogens (tertiary/aromatic N) is 3. The van der Waals surface area contributed by atoms with Gasteiger partial charge in [0.2, 0.25) is 10.0 Å². The number of hydrogen-bond donors (Lipinski definition) is 2. The number of furan rings is 1. The molecule has 0 amide bonds. The van der Waals surface area contributed by atoms with Crippen LogP contribution in [-0.4, -0.2) is 29.7 Å². The molecule has 12 heteroatoms. The Bertz CT molecular complexity index is 1570. The zero-order chi connectivity index (χ0) is 26.2. The van der Waals surface area contributed by atoms with Crippen molar-refractivity contribution >= 4 is 44.4 Å². The normalized spacial score (nSPS) is 17.4. The molecule has 0 unspecified atom stereocenters. The minimum absolute atomic E-state index is 0.0597. The molecule has 1 fully saturated rings. The van der Waals surface area contributed by atoms with E-state index in [9.17, 15) is 18.5 Å². The molecule has 0 radical (unpaired) electrons. The number of aromatic nitrogens is 1. The van der Waals surface area contributed by atoms with E-state index < -0.39 is 21.0 Å². The van der Waals surface area contributed by atoms with Gasteiger partial charge in [0.15, 0.2) is 5.11 Å². The number of nitrogens with one attached hydrogen (secondary N) is 2. The molecule has 2 aromatic carbocycles. The van der Waals surface area contributed by atoms with Crippen molar-refractivity contribution in [3.05, 3.63) is 107 Å². The molecule has 37 heavy (non-hydrogen) atoms. The predicted molar refractivity (Wildman–Crippen MR) is 144 cm³/mol. The summed E-state index contributed by atoms with van der Waals surface area (Å²) in [6, 6.07) is 21.4. The molecule has 188 valence electrons. The van der Waals surface area contributed by atoms with Gasteiger partial charge in [0, 0.05) is 23.6 Å². The molecule has 4 aromatic rings. The molecule has 1 saturated heterocycles. The molecule has 0 saturated carbocycles. The largest absolute Gasteiger partial charge is 0.459 e. The maximum absolute atomic E-state index is 11.6. The molecule has 2 atom stereocenters. The van der Waals surface area contributed by atoms with Crippen LogP contribution in [0.15, 0.2) is 89.5 Å². The van der Waals surface area contributed by atoms with Crippen molar-refractivity contribution in [2.75, 3.05) is 15.9 Å². The second-order valence-corrected chi connectivity index (χ2v) is 10.5. The topological polar surface area (TPSA) is 131 Å². The summed E-state index contributed by atoms with van der Waals surface area (Å²) >= 11 is 5.70. The highest BCUT2D eigenvalue weighted by molar-refractivity contribution is 7.92. The number of anilines is 2. The van der Waals surface area contributed by atoms with E-state index in [0.29, 0.717) is 33.6 Å². The lowest BCUT2D eigenvalue weighted by Crippen LogP contribution is -2.29. The standard InChI is InChI=1S/C25H21N5O5S2/c1-37(33,34)28-16-9-11-17(12-10-16)29-24(23(27-25(29)36)19-7-4-5-15-26-19)22-14-13-21(35-22)18-6-2-3-8-20(18)30(31)32/h2-15,23-24,28H,1H3,(H,27,36)/t23-,24+/m1/s1. The molecule has 2 aromatic heterocycles. The summed E-state index contributed by atoms with van der Waals surface area (Å²) in [7, 11) is -3.42. The Balaban J connectivity index is 1.57. The van der Waals surface area contributed by atoms with E-state index in [1.807, 2.05) is 23.1 Å². The van der Waals surface area contributed by atoms with Crippen LogP contribution in [0.25, 0.3) is 11.3 Å². The summed E-state index contributed by atoms with van der Waals surface area (Å²) in [4.78, 5) is 17.5. The lowest BCUT2D eigenvalue weighted by Gasteiger charge is -2.26. The third-order valence-corrected chi connectivity index (χ3v) is 6.75. The predicted octanol–water partition coefficient (Wildman–Crippen LogP) is 4.80. The number of pyridine rings is 1. The molecule has 3 heterocycles. The van der Waals surface area contributed by atoms with E-state index in [-0.39, 0.29) is 11.7 Å². The highest BCUT2D eigenvalue weighted by Crippen LogP contribution is 2.43. The molecule has 1 aliphatic rings. The van der Waals surface area contributed by atoms with Gasteiger partial charge in [0.1, 0.15) is 17.6 Å². The molecular formula is C25H21N5O5S2. The van der Waals surface area contributed by atoms with Crippen LogP contribution in [0, 0.1) is 10.1 Å². The fourth-order valence-electron chi connectivity index (χ4n) is 4.32. The van der Waals surface area contributed by atoms with Gasteiger partial charge < -0.3 is 14.6 Å². The first-order chi connectivity index (χ1) is 17.7. The van der Waals surface area contributed by atoms with E-state index in [1.165, 1.54) is 6.07 Å². The van der Waals surface area contributed by atoms with Gasteiger partial charge in [0.25, 0.3) is 5.69 Å². The van der Waals surface area contributed by atoms with Gasteiger partial charge in [-0.05, 0) is 66.8 Å². The van der Waals surface area contributed by atoms with Crippen LogP contribution in [0.2, 0.25) is 0 Å². The summed E-state index contributed by atoms with van der Waals surface area (Å²) < 4.78 is 31.9. The smallest absolute Gasteiger partial charge is 0.280 e. The van der Waals surface area contributed by atoms with Gasteiger partial charge in [0.05, 0.1) is 28.5 Å². The van der Waals surface area contributed by atoms with Gasteiger partial charge in [-0.3, -0.25) is 19.8 Å². The first kappa shape index (κ1) is 24.4. The van der Waals surface area contributed by atoms with Crippen molar-refractivity contribution in [2.24, 2.45) is 0 Å². The van der Waals surface area contributed by atoms with Gasteiger partial charge in [-0.2, -0.15) is 0 Å². The Kier molecular flexibility index (Phi) is 6.36. The summed E-state index contributed by atoms with van der Waals surface area (Å²) in [6.45, 7) is 0. The maximum Gasteiger partial charge on any atom is 0.280 e. The van der Waals surface area contributed by atoms with Gasteiger partial charge in [-0.25, -0.2) is 8.42 Å². The number of nitro benzene ring substituents is 1. The fourth-order valence-corrected chi connectivity index (χ4v) is 5.23. The van der Waals surface area contributed by atoms with Crippen molar-refractivity contribution in [3.63, 3.8) is 0 Å². The lowest BCUT2D eigenvalue weighted by atomic mass is 10.0. The zero-order valence-electron chi connectivity index (χ0n) is 19.4.